The van der Waals surface area contributed by atoms with Crippen molar-refractivity contribution in [2.45, 2.75) is 26.2 Å². The Hall–Kier alpha value is -1.36. The molecule has 96 valence electrons. The zero-order valence-electron chi connectivity index (χ0n) is 10.2. The van der Waals surface area contributed by atoms with Crippen molar-refractivity contribution >= 4 is 32.9 Å². The predicted octanol–water partition coefficient (Wildman–Crippen LogP) is 4.33. The lowest BCUT2D eigenvalue weighted by Gasteiger charge is -2.18. The number of rotatable bonds is 1. The molecule has 0 atom stereocenters. The van der Waals surface area contributed by atoms with Crippen LogP contribution in [-0.4, -0.2) is 11.1 Å². The highest BCUT2D eigenvalue weighted by molar-refractivity contribution is 9.10. The van der Waals surface area contributed by atoms with E-state index < -0.39 is 17.2 Å². The van der Waals surface area contributed by atoms with Crippen LogP contribution in [0, 0.1) is 5.82 Å². The van der Waals surface area contributed by atoms with Crippen molar-refractivity contribution in [3.05, 3.63) is 33.7 Å². The van der Waals surface area contributed by atoms with E-state index in [0.717, 1.165) is 0 Å². The molecule has 1 heterocycles. The van der Waals surface area contributed by atoms with Crippen molar-refractivity contribution < 1.29 is 18.7 Å². The SMILES string of the molecule is CC(C)(C)c1c(C(=O)O)oc2c(F)cc(Br)cc12. The first-order valence-corrected chi connectivity index (χ1v) is 6.16. The van der Waals surface area contributed by atoms with Crippen LogP contribution in [0.5, 0.6) is 0 Å². The Morgan fingerprint density at radius 1 is 1.39 bits per heavy atom. The number of carboxylic acid groups (broad SMARTS) is 1. The van der Waals surface area contributed by atoms with Crippen molar-refractivity contribution in [2.75, 3.05) is 0 Å². The summed E-state index contributed by atoms with van der Waals surface area (Å²) in [5.41, 5.74) is 0.0392. The zero-order valence-corrected chi connectivity index (χ0v) is 11.8. The topological polar surface area (TPSA) is 50.4 Å². The molecule has 1 N–H and O–H groups in total. The first kappa shape index (κ1) is 13.1. The highest BCUT2D eigenvalue weighted by atomic mass is 79.9. The Balaban J connectivity index is 2.95. The number of hydrogen-bond acceptors (Lipinski definition) is 2. The van der Waals surface area contributed by atoms with Gasteiger partial charge in [0.1, 0.15) is 0 Å². The lowest BCUT2D eigenvalue weighted by atomic mass is 9.85. The van der Waals surface area contributed by atoms with E-state index in [-0.39, 0.29) is 11.3 Å². The van der Waals surface area contributed by atoms with Gasteiger partial charge >= 0.3 is 5.97 Å². The molecule has 0 saturated heterocycles. The molecule has 0 fully saturated rings. The van der Waals surface area contributed by atoms with Crippen molar-refractivity contribution in [2.24, 2.45) is 0 Å². The summed E-state index contributed by atoms with van der Waals surface area (Å²) in [6, 6.07) is 2.93. The van der Waals surface area contributed by atoms with Crippen LogP contribution < -0.4 is 0 Å². The number of furan rings is 1. The molecule has 0 unspecified atom stereocenters. The number of carbonyl (C=O) groups is 1. The van der Waals surface area contributed by atoms with Crippen LogP contribution in [0.3, 0.4) is 0 Å². The summed E-state index contributed by atoms with van der Waals surface area (Å²) in [5, 5.41) is 9.65. The molecule has 0 radical (unpaired) electrons. The van der Waals surface area contributed by atoms with E-state index in [1.807, 2.05) is 20.8 Å². The van der Waals surface area contributed by atoms with Crippen LogP contribution in [-0.2, 0) is 5.41 Å². The molecular formula is C13H12BrFO3. The monoisotopic (exact) mass is 314 g/mol. The standard InChI is InChI=1S/C13H12BrFO3/c1-13(2,3)9-7-4-6(14)5-8(15)10(7)18-11(9)12(16)17/h4-5H,1-3H3,(H,16,17). The molecule has 0 aliphatic heterocycles. The molecule has 18 heavy (non-hydrogen) atoms. The summed E-state index contributed by atoms with van der Waals surface area (Å²) < 4.78 is 19.5. The minimum absolute atomic E-state index is 0.0134. The number of fused-ring (bicyclic) bond motifs is 1. The second-order valence-corrected chi connectivity index (χ2v) is 6.04. The van der Waals surface area contributed by atoms with Gasteiger partial charge in [-0.15, -0.1) is 0 Å². The summed E-state index contributed by atoms with van der Waals surface area (Å²) >= 11 is 3.20. The van der Waals surface area contributed by atoms with Gasteiger partial charge in [-0.1, -0.05) is 36.7 Å². The van der Waals surface area contributed by atoms with Crippen molar-refractivity contribution in [1.29, 1.82) is 0 Å². The summed E-state index contributed by atoms with van der Waals surface area (Å²) in [6.07, 6.45) is 0. The van der Waals surface area contributed by atoms with Crippen LogP contribution in [0.2, 0.25) is 0 Å². The van der Waals surface area contributed by atoms with Gasteiger partial charge in [0.2, 0.25) is 5.76 Å². The summed E-state index contributed by atoms with van der Waals surface area (Å²) in [7, 11) is 0. The largest absolute Gasteiger partial charge is 0.475 e. The number of carboxylic acids is 1. The molecule has 0 saturated carbocycles. The Labute approximate surface area is 112 Å². The Bertz CT molecular complexity index is 638. The van der Waals surface area contributed by atoms with Crippen LogP contribution >= 0.6 is 15.9 Å². The van der Waals surface area contributed by atoms with Gasteiger partial charge in [-0.25, -0.2) is 9.18 Å². The minimum atomic E-state index is -1.19. The first-order chi connectivity index (χ1) is 8.21. The number of aromatic carboxylic acids is 1. The van der Waals surface area contributed by atoms with E-state index >= 15 is 0 Å². The van der Waals surface area contributed by atoms with Gasteiger partial charge in [0.15, 0.2) is 11.4 Å². The lowest BCUT2D eigenvalue weighted by Crippen LogP contribution is -2.15. The Kier molecular flexibility index (Phi) is 2.97. The summed E-state index contributed by atoms with van der Waals surface area (Å²) in [5.74, 6) is -1.96. The number of hydrogen-bond donors (Lipinski definition) is 1. The third kappa shape index (κ3) is 2.03. The highest BCUT2D eigenvalue weighted by Gasteiger charge is 2.30. The van der Waals surface area contributed by atoms with Crippen molar-refractivity contribution in [3.63, 3.8) is 0 Å². The Morgan fingerprint density at radius 2 is 2.00 bits per heavy atom. The van der Waals surface area contributed by atoms with Crippen LogP contribution in [0.15, 0.2) is 21.0 Å². The molecule has 5 heteroatoms. The Morgan fingerprint density at radius 3 is 2.50 bits per heavy atom. The third-order valence-electron chi connectivity index (χ3n) is 2.65. The fraction of sp³-hybridized carbons (Fsp3) is 0.308. The van der Waals surface area contributed by atoms with E-state index in [9.17, 15) is 9.18 Å². The first-order valence-electron chi connectivity index (χ1n) is 5.37. The number of halogens is 2. The molecule has 0 bridgehead atoms. The maximum absolute atomic E-state index is 13.8. The van der Waals surface area contributed by atoms with Crippen LogP contribution in [0.25, 0.3) is 11.0 Å². The molecule has 2 aromatic rings. The molecule has 0 aliphatic carbocycles. The molecular weight excluding hydrogens is 303 g/mol. The van der Waals surface area contributed by atoms with E-state index in [0.29, 0.717) is 15.4 Å². The molecule has 0 amide bonds. The van der Waals surface area contributed by atoms with Gasteiger partial charge in [0, 0.05) is 15.4 Å². The van der Waals surface area contributed by atoms with E-state index in [2.05, 4.69) is 15.9 Å². The van der Waals surface area contributed by atoms with Crippen LogP contribution in [0.1, 0.15) is 36.9 Å². The van der Waals surface area contributed by atoms with Crippen molar-refractivity contribution in [1.82, 2.24) is 0 Å². The summed E-state index contributed by atoms with van der Waals surface area (Å²) in [6.45, 7) is 5.59. The molecule has 2 rings (SSSR count). The minimum Gasteiger partial charge on any atom is -0.475 e. The third-order valence-corrected chi connectivity index (χ3v) is 3.11. The van der Waals surface area contributed by atoms with E-state index in [1.165, 1.54) is 6.07 Å². The van der Waals surface area contributed by atoms with Gasteiger partial charge < -0.3 is 9.52 Å². The molecule has 3 nitrogen and oxygen atoms in total. The molecule has 1 aromatic heterocycles. The maximum Gasteiger partial charge on any atom is 0.372 e. The highest BCUT2D eigenvalue weighted by Crippen LogP contribution is 2.38. The van der Waals surface area contributed by atoms with Gasteiger partial charge in [0.25, 0.3) is 0 Å². The fourth-order valence-electron chi connectivity index (χ4n) is 2.02. The lowest BCUT2D eigenvalue weighted by molar-refractivity contribution is 0.0661. The number of benzene rings is 1. The summed E-state index contributed by atoms with van der Waals surface area (Å²) in [4.78, 5) is 11.2. The van der Waals surface area contributed by atoms with Gasteiger partial charge in [0.05, 0.1) is 0 Å². The normalized spacial score (nSPS) is 12.1. The van der Waals surface area contributed by atoms with Crippen molar-refractivity contribution in [3.8, 4) is 0 Å². The van der Waals surface area contributed by atoms with Gasteiger partial charge in [-0.05, 0) is 17.5 Å². The maximum atomic E-state index is 13.8. The molecule has 0 aliphatic rings. The second kappa shape index (κ2) is 4.09. The molecule has 1 aromatic carbocycles. The quantitative estimate of drug-likeness (QED) is 0.852. The average Bonchev–Trinajstić information content (AvgIpc) is 2.56. The smallest absolute Gasteiger partial charge is 0.372 e. The fourth-order valence-corrected chi connectivity index (χ4v) is 2.45. The zero-order chi connectivity index (χ0) is 13.7. The second-order valence-electron chi connectivity index (χ2n) is 5.13. The average molecular weight is 315 g/mol. The van der Waals surface area contributed by atoms with Gasteiger partial charge in [-0.2, -0.15) is 0 Å². The van der Waals surface area contributed by atoms with Gasteiger partial charge in [-0.3, -0.25) is 0 Å². The van der Waals surface area contributed by atoms with E-state index in [4.69, 9.17) is 9.52 Å². The molecule has 0 spiro atoms. The van der Waals surface area contributed by atoms with Crippen LogP contribution in [0.4, 0.5) is 4.39 Å². The van der Waals surface area contributed by atoms with E-state index in [1.54, 1.807) is 6.07 Å². The predicted molar refractivity (Wildman–Crippen MR) is 69.5 cm³/mol.